The van der Waals surface area contributed by atoms with Crippen LogP contribution in [-0.2, 0) is 0 Å². The van der Waals surface area contributed by atoms with Crippen LogP contribution in [0.4, 0.5) is 0 Å². The molecular weight excluding hydrogens is 236 g/mol. The summed E-state index contributed by atoms with van der Waals surface area (Å²) in [7, 11) is 0. The Morgan fingerprint density at radius 2 is 1.67 bits per heavy atom. The van der Waals surface area contributed by atoms with Crippen molar-refractivity contribution >= 4 is 23.9 Å². The highest BCUT2D eigenvalue weighted by molar-refractivity contribution is 7.99. The summed E-state index contributed by atoms with van der Waals surface area (Å²) in [5.74, 6) is 0. The quantitative estimate of drug-likeness (QED) is 0.786. The lowest BCUT2D eigenvalue weighted by Gasteiger charge is -2.05. The second-order valence-corrected chi connectivity index (χ2v) is 5.82. The van der Waals surface area contributed by atoms with Gasteiger partial charge in [-0.3, -0.25) is 0 Å². The zero-order valence-corrected chi connectivity index (χ0v) is 12.0. The molecule has 0 aromatic heterocycles. The van der Waals surface area contributed by atoms with Gasteiger partial charge in [0.2, 0.25) is 0 Å². The van der Waals surface area contributed by atoms with Crippen molar-refractivity contribution < 1.29 is 0 Å². The first-order valence-corrected chi connectivity index (χ1v) is 6.89. The number of hydrogen-bond acceptors (Lipinski definition) is 1. The number of aryl methyl sites for hydroxylation is 1. The summed E-state index contributed by atoms with van der Waals surface area (Å²) in [4.78, 5) is 2.56. The predicted molar refractivity (Wildman–Crippen MR) is 81.3 cm³/mol. The van der Waals surface area contributed by atoms with Crippen molar-refractivity contribution in [2.45, 2.75) is 30.6 Å². The maximum atomic E-state index is 4.12. The van der Waals surface area contributed by atoms with Crippen LogP contribution < -0.4 is 10.4 Å². The molecular formula is C17H18S. The average molecular weight is 254 g/mol. The maximum absolute atomic E-state index is 4.12. The van der Waals surface area contributed by atoms with Gasteiger partial charge >= 0.3 is 0 Å². The summed E-state index contributed by atoms with van der Waals surface area (Å²) in [5, 5.41) is 2.38. The first-order valence-electron chi connectivity index (χ1n) is 6.08. The monoisotopic (exact) mass is 254 g/mol. The van der Waals surface area contributed by atoms with Gasteiger partial charge < -0.3 is 0 Å². The number of benzene rings is 2. The number of hydrogen-bond donors (Lipinski definition) is 0. The Kier molecular flexibility index (Phi) is 3.93. The van der Waals surface area contributed by atoms with Crippen LogP contribution in [0.2, 0.25) is 0 Å². The van der Waals surface area contributed by atoms with Crippen molar-refractivity contribution in [3.05, 3.63) is 58.5 Å². The van der Waals surface area contributed by atoms with Gasteiger partial charge in [-0.1, -0.05) is 53.7 Å². The van der Waals surface area contributed by atoms with E-state index in [1.165, 1.54) is 26.1 Å². The van der Waals surface area contributed by atoms with Gasteiger partial charge in [0.1, 0.15) is 0 Å². The molecule has 0 saturated heterocycles. The van der Waals surface area contributed by atoms with E-state index in [0.717, 1.165) is 5.22 Å². The molecule has 1 heteroatoms. The van der Waals surface area contributed by atoms with Gasteiger partial charge in [0.15, 0.2) is 0 Å². The Morgan fingerprint density at radius 3 is 2.28 bits per heavy atom. The molecule has 0 aliphatic heterocycles. The van der Waals surface area contributed by atoms with Crippen LogP contribution in [0.5, 0.6) is 0 Å². The van der Waals surface area contributed by atoms with E-state index in [1.54, 1.807) is 11.8 Å². The summed E-state index contributed by atoms with van der Waals surface area (Å²) in [6.07, 6.45) is 0. The smallest absolute Gasteiger partial charge is 0.0199 e. The summed E-state index contributed by atoms with van der Waals surface area (Å²) < 4.78 is 0. The van der Waals surface area contributed by atoms with E-state index in [1.807, 2.05) is 0 Å². The maximum Gasteiger partial charge on any atom is 0.0199 e. The molecule has 92 valence electrons. The molecule has 0 saturated carbocycles. The molecule has 2 rings (SSSR count). The summed E-state index contributed by atoms with van der Waals surface area (Å²) in [6.45, 7) is 10.5. The van der Waals surface area contributed by atoms with Gasteiger partial charge in [0, 0.05) is 9.79 Å². The summed E-state index contributed by atoms with van der Waals surface area (Å²) in [6, 6.07) is 15.0. The van der Waals surface area contributed by atoms with Crippen LogP contribution in [0.15, 0.2) is 52.3 Å². The molecule has 0 unspecified atom stereocenters. The van der Waals surface area contributed by atoms with E-state index in [0.29, 0.717) is 0 Å². The van der Waals surface area contributed by atoms with E-state index >= 15 is 0 Å². The fraction of sp³-hybridized carbons (Fsp3) is 0.176. The minimum Gasteiger partial charge on any atom is -0.0911 e. The first kappa shape index (κ1) is 13.0. The van der Waals surface area contributed by atoms with Gasteiger partial charge in [0.05, 0.1) is 0 Å². The second-order valence-electron chi connectivity index (χ2n) is 4.71. The van der Waals surface area contributed by atoms with Gasteiger partial charge in [-0.2, -0.15) is 0 Å². The van der Waals surface area contributed by atoms with Crippen molar-refractivity contribution in [2.75, 3.05) is 0 Å². The zero-order valence-electron chi connectivity index (χ0n) is 11.2. The average Bonchev–Trinajstić information content (AvgIpc) is 2.32. The Hall–Kier alpha value is -1.47. The zero-order chi connectivity index (χ0) is 13.1. The van der Waals surface area contributed by atoms with Crippen LogP contribution in [0.25, 0.3) is 12.2 Å². The van der Waals surface area contributed by atoms with Crippen molar-refractivity contribution in [2.24, 2.45) is 0 Å². The molecule has 0 aliphatic rings. The molecule has 0 bridgehead atoms. The van der Waals surface area contributed by atoms with Crippen LogP contribution in [0.3, 0.4) is 0 Å². The molecule has 2 aromatic rings. The lowest BCUT2D eigenvalue weighted by molar-refractivity contribution is 1.28. The summed E-state index contributed by atoms with van der Waals surface area (Å²) in [5.41, 5.74) is 2.61. The Bertz CT molecular complexity index is 647. The SMILES string of the molecule is C=c1cccc(Sc2ccc(C)cc2)c1=C(C)C. The molecule has 0 nitrogen and oxygen atoms in total. The largest absolute Gasteiger partial charge is 0.0911 e. The Labute approximate surface area is 113 Å². The van der Waals surface area contributed by atoms with Crippen LogP contribution in [0.1, 0.15) is 19.4 Å². The molecule has 0 amide bonds. The molecule has 0 fully saturated rings. The standard InChI is InChI=1S/C17H18S/c1-12(2)17-14(4)6-5-7-16(17)18-15-10-8-13(3)9-11-15/h5-11H,4H2,1-3H3. The fourth-order valence-corrected chi connectivity index (χ4v) is 3.07. The van der Waals surface area contributed by atoms with Gasteiger partial charge in [-0.15, -0.1) is 0 Å². The highest BCUT2D eigenvalue weighted by Crippen LogP contribution is 2.24. The Morgan fingerprint density at radius 1 is 1.00 bits per heavy atom. The third-order valence-electron chi connectivity index (χ3n) is 2.86. The molecule has 0 heterocycles. The molecule has 0 aliphatic carbocycles. The summed E-state index contributed by atoms with van der Waals surface area (Å²) >= 11 is 1.80. The third-order valence-corrected chi connectivity index (χ3v) is 3.93. The highest BCUT2D eigenvalue weighted by Gasteiger charge is 2.00. The lowest BCUT2D eigenvalue weighted by atomic mass is 10.2. The van der Waals surface area contributed by atoms with Crippen molar-refractivity contribution in [1.29, 1.82) is 0 Å². The molecule has 0 radical (unpaired) electrons. The minimum atomic E-state index is 1.10. The van der Waals surface area contributed by atoms with E-state index in [2.05, 4.69) is 69.8 Å². The first-order chi connectivity index (χ1) is 8.58. The molecule has 18 heavy (non-hydrogen) atoms. The van der Waals surface area contributed by atoms with Crippen LogP contribution in [0, 0.1) is 6.92 Å². The molecule has 2 aromatic carbocycles. The highest BCUT2D eigenvalue weighted by atomic mass is 32.2. The Balaban J connectivity index is 2.48. The topological polar surface area (TPSA) is 0 Å². The van der Waals surface area contributed by atoms with Gasteiger partial charge in [-0.25, -0.2) is 0 Å². The fourth-order valence-electron chi connectivity index (χ4n) is 1.96. The van der Waals surface area contributed by atoms with E-state index < -0.39 is 0 Å². The van der Waals surface area contributed by atoms with E-state index in [9.17, 15) is 0 Å². The van der Waals surface area contributed by atoms with Crippen LogP contribution >= 0.6 is 11.8 Å². The van der Waals surface area contributed by atoms with Crippen molar-refractivity contribution in [3.63, 3.8) is 0 Å². The van der Waals surface area contributed by atoms with Crippen molar-refractivity contribution in [3.8, 4) is 0 Å². The van der Waals surface area contributed by atoms with Gasteiger partial charge in [-0.05, 0) is 49.4 Å². The second kappa shape index (κ2) is 5.45. The third kappa shape index (κ3) is 2.85. The van der Waals surface area contributed by atoms with Crippen LogP contribution in [-0.4, -0.2) is 0 Å². The normalized spacial score (nSPS) is 10.4. The minimum absolute atomic E-state index is 1.10. The predicted octanol–water partition coefficient (Wildman–Crippen LogP) is 3.75. The van der Waals surface area contributed by atoms with Gasteiger partial charge in [0.25, 0.3) is 0 Å². The van der Waals surface area contributed by atoms with E-state index in [-0.39, 0.29) is 0 Å². The number of rotatable bonds is 2. The molecule has 0 atom stereocenters. The van der Waals surface area contributed by atoms with E-state index in [4.69, 9.17) is 0 Å². The van der Waals surface area contributed by atoms with Crippen molar-refractivity contribution in [1.82, 2.24) is 0 Å². The molecule has 0 spiro atoms. The lowest BCUT2D eigenvalue weighted by Crippen LogP contribution is -2.26. The molecule has 0 N–H and O–H groups in total.